The number of phosphoric acid groups is 1. The average molecular weight is 1280 g/mol. The van der Waals surface area contributed by atoms with Gasteiger partial charge in [-0.1, -0.05) is 336 Å². The Hall–Kier alpha value is -3.07. The lowest BCUT2D eigenvalue weighted by Gasteiger charge is -2.28. The molecular formula is C80H144NO8P. The average Bonchev–Trinajstić information content (AvgIpc) is 3.58. The largest absolute Gasteiger partial charge is 0.756 e. The van der Waals surface area contributed by atoms with Gasteiger partial charge in [-0.25, -0.2) is 0 Å². The number of esters is 2. The van der Waals surface area contributed by atoms with Crippen LogP contribution in [0.25, 0.3) is 0 Å². The lowest BCUT2D eigenvalue weighted by molar-refractivity contribution is -0.870. The van der Waals surface area contributed by atoms with Crippen LogP contribution < -0.4 is 4.89 Å². The van der Waals surface area contributed by atoms with Crippen molar-refractivity contribution in [3.63, 3.8) is 0 Å². The number of hydrogen-bond acceptors (Lipinski definition) is 8. The molecule has 0 heterocycles. The third-order valence-corrected chi connectivity index (χ3v) is 17.6. The normalized spacial score (nSPS) is 13.6. The molecule has 522 valence electrons. The Balaban J connectivity index is 4.01. The van der Waals surface area contributed by atoms with E-state index in [1.165, 1.54) is 225 Å². The highest BCUT2D eigenvalue weighted by molar-refractivity contribution is 7.45. The smallest absolute Gasteiger partial charge is 0.306 e. The molecule has 90 heavy (non-hydrogen) atoms. The molecule has 0 aliphatic heterocycles. The fourth-order valence-corrected chi connectivity index (χ4v) is 11.5. The molecule has 0 radical (unpaired) electrons. The second-order valence-corrected chi connectivity index (χ2v) is 28.0. The summed E-state index contributed by atoms with van der Waals surface area (Å²) in [6.07, 6.45) is 97.9. The van der Waals surface area contributed by atoms with Crippen LogP contribution in [-0.4, -0.2) is 70.0 Å². The molecule has 0 N–H and O–H groups in total. The SMILES string of the molecule is CC/C=C\C/C=C\C/C=C\C/C=C\C/C=C\C/C=C\C/C=C\CCCCCCCCCCCCCC(=O)OC(COC(=O)CCCCCCCCCCCCCCCCCCCCCCC/C=C\CCCCCCCCCC)COP(=O)([O-])OCC[N+](C)(C)C. The van der Waals surface area contributed by atoms with Gasteiger partial charge >= 0.3 is 11.9 Å². The highest BCUT2D eigenvalue weighted by Gasteiger charge is 2.22. The Morgan fingerprint density at radius 3 is 0.956 bits per heavy atom. The molecule has 0 fully saturated rings. The summed E-state index contributed by atoms with van der Waals surface area (Å²) in [6.45, 7) is 4.16. The number of carbonyl (C=O) groups excluding carboxylic acids is 2. The number of hydrogen-bond donors (Lipinski definition) is 0. The van der Waals surface area contributed by atoms with E-state index in [1.807, 2.05) is 21.1 Å². The summed E-state index contributed by atoms with van der Waals surface area (Å²) in [6, 6.07) is 0. The van der Waals surface area contributed by atoms with Crippen molar-refractivity contribution in [3.05, 3.63) is 97.2 Å². The first-order valence-electron chi connectivity index (χ1n) is 37.9. The van der Waals surface area contributed by atoms with E-state index in [0.29, 0.717) is 17.4 Å². The maximum atomic E-state index is 12.9. The fourth-order valence-electron chi connectivity index (χ4n) is 10.8. The summed E-state index contributed by atoms with van der Waals surface area (Å²) in [4.78, 5) is 38.1. The number of rotatable bonds is 70. The van der Waals surface area contributed by atoms with E-state index in [-0.39, 0.29) is 32.0 Å². The van der Waals surface area contributed by atoms with Gasteiger partial charge in [-0.05, 0) is 96.3 Å². The van der Waals surface area contributed by atoms with E-state index in [9.17, 15) is 19.0 Å². The second kappa shape index (κ2) is 70.3. The number of phosphoric ester groups is 1. The summed E-state index contributed by atoms with van der Waals surface area (Å²) in [5.74, 6) is -0.826. The van der Waals surface area contributed by atoms with Gasteiger partial charge < -0.3 is 27.9 Å². The van der Waals surface area contributed by atoms with Crippen LogP contribution in [0.1, 0.15) is 348 Å². The highest BCUT2D eigenvalue weighted by Crippen LogP contribution is 2.38. The summed E-state index contributed by atoms with van der Waals surface area (Å²) in [5.41, 5.74) is 0. The van der Waals surface area contributed by atoms with Gasteiger partial charge in [-0.2, -0.15) is 0 Å². The minimum atomic E-state index is -4.65. The second-order valence-electron chi connectivity index (χ2n) is 26.6. The van der Waals surface area contributed by atoms with E-state index < -0.39 is 26.5 Å². The fraction of sp³-hybridized carbons (Fsp3) is 0.775. The van der Waals surface area contributed by atoms with Crippen molar-refractivity contribution in [2.45, 2.75) is 354 Å². The molecule has 2 atom stereocenters. The molecule has 0 aliphatic rings. The molecule has 0 rings (SSSR count). The maximum Gasteiger partial charge on any atom is 0.306 e. The van der Waals surface area contributed by atoms with Crippen LogP contribution in [0.3, 0.4) is 0 Å². The number of quaternary nitrogens is 1. The Labute approximate surface area is 557 Å². The summed E-state index contributed by atoms with van der Waals surface area (Å²) in [7, 11) is 1.17. The first kappa shape index (κ1) is 86.9. The molecule has 2 unspecified atom stereocenters. The first-order chi connectivity index (χ1) is 44.0. The van der Waals surface area contributed by atoms with Gasteiger partial charge in [0.1, 0.15) is 19.8 Å². The molecular weight excluding hydrogens is 1130 g/mol. The van der Waals surface area contributed by atoms with E-state index >= 15 is 0 Å². The molecule has 10 heteroatoms. The lowest BCUT2D eigenvalue weighted by Crippen LogP contribution is -2.37. The molecule has 0 amide bonds. The van der Waals surface area contributed by atoms with Crippen molar-refractivity contribution in [1.82, 2.24) is 0 Å². The van der Waals surface area contributed by atoms with Gasteiger partial charge in [0.15, 0.2) is 6.10 Å². The zero-order valence-corrected chi connectivity index (χ0v) is 60.5. The summed E-state index contributed by atoms with van der Waals surface area (Å²) >= 11 is 0. The number of ether oxygens (including phenoxy) is 2. The number of allylic oxidation sites excluding steroid dienone is 16. The minimum Gasteiger partial charge on any atom is -0.756 e. The van der Waals surface area contributed by atoms with Crippen LogP contribution in [0.2, 0.25) is 0 Å². The van der Waals surface area contributed by atoms with E-state index in [1.54, 1.807) is 0 Å². The third kappa shape index (κ3) is 74.0. The Morgan fingerprint density at radius 2 is 0.633 bits per heavy atom. The number of carbonyl (C=O) groups is 2. The van der Waals surface area contributed by atoms with Crippen molar-refractivity contribution in [3.8, 4) is 0 Å². The van der Waals surface area contributed by atoms with Crippen molar-refractivity contribution >= 4 is 19.8 Å². The quantitative estimate of drug-likeness (QED) is 0.0195. The maximum absolute atomic E-state index is 12.9. The molecule has 0 saturated heterocycles. The van der Waals surface area contributed by atoms with Gasteiger partial charge in [0, 0.05) is 12.8 Å². The third-order valence-electron chi connectivity index (χ3n) is 16.6. The van der Waals surface area contributed by atoms with Crippen molar-refractivity contribution in [2.24, 2.45) is 0 Å². The monoisotopic (exact) mass is 1280 g/mol. The molecule has 0 aromatic rings. The lowest BCUT2D eigenvalue weighted by atomic mass is 10.0. The molecule has 0 bridgehead atoms. The molecule has 9 nitrogen and oxygen atoms in total. The van der Waals surface area contributed by atoms with Gasteiger partial charge in [0.2, 0.25) is 0 Å². The Morgan fingerprint density at radius 1 is 0.356 bits per heavy atom. The first-order valence-corrected chi connectivity index (χ1v) is 39.4. The van der Waals surface area contributed by atoms with E-state index in [2.05, 4.69) is 111 Å². The van der Waals surface area contributed by atoms with Gasteiger partial charge in [0.25, 0.3) is 7.82 Å². The van der Waals surface area contributed by atoms with Crippen molar-refractivity contribution in [2.75, 3.05) is 47.5 Å². The van der Waals surface area contributed by atoms with Crippen molar-refractivity contribution in [1.29, 1.82) is 0 Å². The van der Waals surface area contributed by atoms with E-state index in [0.717, 1.165) is 89.9 Å². The zero-order valence-electron chi connectivity index (χ0n) is 59.6. The number of nitrogens with zero attached hydrogens (tertiary/aromatic N) is 1. The van der Waals surface area contributed by atoms with Crippen LogP contribution in [-0.2, 0) is 32.7 Å². The van der Waals surface area contributed by atoms with E-state index in [4.69, 9.17) is 18.5 Å². The molecule has 0 spiro atoms. The Kier molecular flexibility index (Phi) is 67.9. The van der Waals surface area contributed by atoms with Crippen molar-refractivity contribution < 1.29 is 42.1 Å². The van der Waals surface area contributed by atoms with Crippen LogP contribution >= 0.6 is 7.82 Å². The van der Waals surface area contributed by atoms with Crippen LogP contribution in [0, 0.1) is 0 Å². The van der Waals surface area contributed by atoms with Gasteiger partial charge in [-0.15, -0.1) is 0 Å². The zero-order chi connectivity index (χ0) is 65.5. The summed E-state index contributed by atoms with van der Waals surface area (Å²) < 4.78 is 34.4. The number of likely N-dealkylation sites (N-methyl/N-ethyl adjacent to an activating group) is 1. The molecule has 0 aromatic carbocycles. The van der Waals surface area contributed by atoms with Gasteiger partial charge in [0.05, 0.1) is 27.7 Å². The van der Waals surface area contributed by atoms with Crippen LogP contribution in [0.4, 0.5) is 0 Å². The summed E-state index contributed by atoms with van der Waals surface area (Å²) in [5, 5.41) is 0. The van der Waals surface area contributed by atoms with Crippen LogP contribution in [0.15, 0.2) is 97.2 Å². The van der Waals surface area contributed by atoms with Crippen LogP contribution in [0.5, 0.6) is 0 Å². The minimum absolute atomic E-state index is 0.0334. The molecule has 0 aromatic heterocycles. The predicted octanol–water partition coefficient (Wildman–Crippen LogP) is 24.4. The Bertz CT molecular complexity index is 1840. The topological polar surface area (TPSA) is 111 Å². The van der Waals surface area contributed by atoms with Gasteiger partial charge in [-0.3, -0.25) is 14.2 Å². The standard InChI is InChI=1S/C80H144NO8P/c1-6-8-10-12-14-16-18-20-22-24-26-28-30-32-34-36-38-40-42-44-46-48-50-52-54-56-58-60-62-64-66-68-70-72-79(82)86-76-78(77-88-90(84,85)87-75-74-81(3,4)5)89-80(83)73-71-69-67-65-63-61-59-57-55-53-51-49-47-45-43-41-39-37-35-33-31-29-27-25-23-21-19-17-15-13-11-9-7-2/h9,11,15,17,21,23-24,26-27,29,33,35,39,41,45,47,78H,6-8,10,12-14,16,18-20,22,25,28,30-32,34,36-38,40,42-44,46,48-77H2,1-5H3/b11-9-,17-15-,23-21-,26-24-,29-27-,35-33-,41-39-,47-45-. The molecule has 0 saturated carbocycles. The predicted molar refractivity (Wildman–Crippen MR) is 388 cm³/mol. The molecule has 0 aliphatic carbocycles. The number of unbranched alkanes of at least 4 members (excludes halogenated alkanes) is 40. The highest BCUT2D eigenvalue weighted by atomic mass is 31.2.